The van der Waals surface area contributed by atoms with E-state index in [0.29, 0.717) is 0 Å². The van der Waals surface area contributed by atoms with E-state index < -0.39 is 6.04 Å². The molecule has 2 atom stereocenters. The predicted molar refractivity (Wildman–Crippen MR) is 95.8 cm³/mol. The molecule has 1 saturated heterocycles. The van der Waals surface area contributed by atoms with Crippen LogP contribution in [-0.4, -0.2) is 36.5 Å². The number of nitrogens with zero attached hydrogens (tertiary/aromatic N) is 1. The first-order valence-electron chi connectivity index (χ1n) is 8.71. The van der Waals surface area contributed by atoms with Crippen molar-refractivity contribution in [3.8, 4) is 0 Å². The van der Waals surface area contributed by atoms with Crippen molar-refractivity contribution in [1.82, 2.24) is 15.5 Å². The van der Waals surface area contributed by atoms with Gasteiger partial charge in [0, 0.05) is 13.6 Å². The molecule has 3 amide bonds. The van der Waals surface area contributed by atoms with Crippen LogP contribution >= 0.6 is 0 Å². The van der Waals surface area contributed by atoms with Gasteiger partial charge in [-0.25, -0.2) is 4.79 Å². The molecule has 1 fully saturated rings. The Morgan fingerprint density at radius 2 is 1.83 bits per heavy atom. The van der Waals surface area contributed by atoms with E-state index in [1.807, 2.05) is 24.8 Å². The summed E-state index contributed by atoms with van der Waals surface area (Å²) in [6.45, 7) is 8.79. The smallest absolute Gasteiger partial charge is 0.318 e. The highest BCUT2D eigenvalue weighted by Crippen LogP contribution is 2.35. The summed E-state index contributed by atoms with van der Waals surface area (Å²) in [6.07, 6.45) is 1.95. The monoisotopic (exact) mass is 331 g/mol. The standard InChI is InChI=1S/C19H29N3O2/c1-12(2)17(18(23)20-5)21-19(24)22-11-7-10-15(22)16-13(3)8-6-9-14(16)4/h6,8-9,12,15,17H,7,10-11H2,1-5H3,(H,20,23)(H,21,24)/t15?,17-/m0/s1. The van der Waals surface area contributed by atoms with Crippen molar-refractivity contribution in [2.24, 2.45) is 5.92 Å². The Morgan fingerprint density at radius 3 is 2.38 bits per heavy atom. The molecule has 0 spiro atoms. The molecule has 1 heterocycles. The zero-order valence-electron chi connectivity index (χ0n) is 15.3. The van der Waals surface area contributed by atoms with E-state index in [4.69, 9.17) is 0 Å². The third-order valence-electron chi connectivity index (χ3n) is 4.86. The molecule has 5 heteroatoms. The van der Waals surface area contributed by atoms with E-state index in [2.05, 4.69) is 36.6 Å². The first kappa shape index (κ1) is 18.3. The van der Waals surface area contributed by atoms with Crippen LogP contribution in [0, 0.1) is 19.8 Å². The van der Waals surface area contributed by atoms with Gasteiger partial charge in [-0.3, -0.25) is 4.79 Å². The zero-order chi connectivity index (χ0) is 17.9. The summed E-state index contributed by atoms with van der Waals surface area (Å²) in [7, 11) is 1.60. The van der Waals surface area contributed by atoms with Gasteiger partial charge in [-0.15, -0.1) is 0 Å². The fourth-order valence-electron chi connectivity index (χ4n) is 3.57. The Kier molecular flexibility index (Phi) is 5.86. The van der Waals surface area contributed by atoms with Gasteiger partial charge >= 0.3 is 6.03 Å². The minimum absolute atomic E-state index is 0.0372. The van der Waals surface area contributed by atoms with E-state index in [1.54, 1.807) is 7.05 Å². The second kappa shape index (κ2) is 7.69. The molecule has 0 radical (unpaired) electrons. The van der Waals surface area contributed by atoms with Crippen LogP contribution in [0.5, 0.6) is 0 Å². The van der Waals surface area contributed by atoms with Gasteiger partial charge in [0.05, 0.1) is 6.04 Å². The quantitative estimate of drug-likeness (QED) is 0.891. The van der Waals surface area contributed by atoms with Crippen molar-refractivity contribution in [2.45, 2.75) is 52.6 Å². The molecule has 0 bridgehead atoms. The lowest BCUT2D eigenvalue weighted by Crippen LogP contribution is -2.52. The van der Waals surface area contributed by atoms with Crippen molar-refractivity contribution in [3.63, 3.8) is 0 Å². The molecule has 1 aromatic rings. The van der Waals surface area contributed by atoms with Gasteiger partial charge in [-0.2, -0.15) is 0 Å². The molecule has 1 aliphatic rings. The second-order valence-electron chi connectivity index (χ2n) is 6.94. The van der Waals surface area contributed by atoms with Gasteiger partial charge in [0.25, 0.3) is 0 Å². The van der Waals surface area contributed by atoms with Crippen LogP contribution in [0.3, 0.4) is 0 Å². The van der Waals surface area contributed by atoms with Crippen LogP contribution < -0.4 is 10.6 Å². The third-order valence-corrected chi connectivity index (χ3v) is 4.86. The van der Waals surface area contributed by atoms with Crippen molar-refractivity contribution in [1.29, 1.82) is 0 Å². The van der Waals surface area contributed by atoms with Gasteiger partial charge in [0.1, 0.15) is 6.04 Å². The highest BCUT2D eigenvalue weighted by molar-refractivity contribution is 5.87. The molecule has 1 aliphatic heterocycles. The summed E-state index contributed by atoms with van der Waals surface area (Å²) in [6, 6.07) is 5.66. The molecule has 2 rings (SSSR count). The molecule has 24 heavy (non-hydrogen) atoms. The lowest BCUT2D eigenvalue weighted by Gasteiger charge is -2.30. The second-order valence-corrected chi connectivity index (χ2v) is 6.94. The molecule has 0 aliphatic carbocycles. The van der Waals surface area contributed by atoms with Crippen LogP contribution in [0.2, 0.25) is 0 Å². The van der Waals surface area contributed by atoms with Crippen molar-refractivity contribution in [2.75, 3.05) is 13.6 Å². The maximum absolute atomic E-state index is 12.8. The Bertz CT molecular complexity index is 592. The van der Waals surface area contributed by atoms with Crippen LogP contribution in [0.15, 0.2) is 18.2 Å². The molecule has 1 unspecified atom stereocenters. The number of likely N-dealkylation sites (tertiary alicyclic amines) is 1. The lowest BCUT2D eigenvalue weighted by molar-refractivity contribution is -0.123. The van der Waals surface area contributed by atoms with Gasteiger partial charge in [0.2, 0.25) is 5.91 Å². The highest BCUT2D eigenvalue weighted by Gasteiger charge is 2.34. The van der Waals surface area contributed by atoms with E-state index in [9.17, 15) is 9.59 Å². The minimum Gasteiger partial charge on any atom is -0.357 e. The predicted octanol–water partition coefficient (Wildman–Crippen LogP) is 2.92. The fourth-order valence-corrected chi connectivity index (χ4v) is 3.57. The van der Waals surface area contributed by atoms with Crippen LogP contribution in [-0.2, 0) is 4.79 Å². The highest BCUT2D eigenvalue weighted by atomic mass is 16.2. The molecule has 132 valence electrons. The van der Waals surface area contributed by atoms with Gasteiger partial charge in [0.15, 0.2) is 0 Å². The number of hydrogen-bond acceptors (Lipinski definition) is 2. The molecule has 2 N–H and O–H groups in total. The first-order valence-corrected chi connectivity index (χ1v) is 8.71. The molecular formula is C19H29N3O2. The number of likely N-dealkylation sites (N-methyl/N-ethyl adjacent to an activating group) is 1. The fraction of sp³-hybridized carbons (Fsp3) is 0.579. The first-order chi connectivity index (χ1) is 11.4. The number of benzene rings is 1. The average Bonchev–Trinajstić information content (AvgIpc) is 3.00. The Hall–Kier alpha value is -2.04. The minimum atomic E-state index is -0.512. The maximum atomic E-state index is 12.8. The topological polar surface area (TPSA) is 61.4 Å². The van der Waals surface area contributed by atoms with E-state index in [1.165, 1.54) is 16.7 Å². The molecule has 5 nitrogen and oxygen atoms in total. The normalized spacial score (nSPS) is 18.6. The van der Waals surface area contributed by atoms with Gasteiger partial charge in [-0.1, -0.05) is 32.0 Å². The maximum Gasteiger partial charge on any atom is 0.318 e. The SMILES string of the molecule is CNC(=O)[C@@H](NC(=O)N1CCCC1c1c(C)cccc1C)C(C)C. The third kappa shape index (κ3) is 3.71. The number of amides is 3. The molecule has 0 saturated carbocycles. The van der Waals surface area contributed by atoms with Crippen molar-refractivity contribution in [3.05, 3.63) is 34.9 Å². The summed E-state index contributed by atoms with van der Waals surface area (Å²) >= 11 is 0. The van der Waals surface area contributed by atoms with Crippen LogP contribution in [0.1, 0.15) is 49.4 Å². The van der Waals surface area contributed by atoms with Crippen molar-refractivity contribution < 1.29 is 9.59 Å². The van der Waals surface area contributed by atoms with E-state index >= 15 is 0 Å². The van der Waals surface area contributed by atoms with Crippen LogP contribution in [0.4, 0.5) is 4.79 Å². The Labute approximate surface area is 144 Å². The van der Waals surface area contributed by atoms with E-state index in [-0.39, 0.29) is 23.9 Å². The number of carbonyl (C=O) groups is 2. The number of aryl methyl sites for hydroxylation is 2. The Balaban J connectivity index is 2.21. The number of nitrogens with one attached hydrogen (secondary N) is 2. The number of urea groups is 1. The number of hydrogen-bond donors (Lipinski definition) is 2. The van der Waals surface area contributed by atoms with Gasteiger partial charge < -0.3 is 15.5 Å². The molecular weight excluding hydrogens is 302 g/mol. The Morgan fingerprint density at radius 1 is 1.21 bits per heavy atom. The summed E-state index contributed by atoms with van der Waals surface area (Å²) in [5.41, 5.74) is 3.67. The number of carbonyl (C=O) groups excluding carboxylic acids is 2. The zero-order valence-corrected chi connectivity index (χ0v) is 15.3. The van der Waals surface area contributed by atoms with Crippen LogP contribution in [0.25, 0.3) is 0 Å². The largest absolute Gasteiger partial charge is 0.357 e. The molecule has 0 aromatic heterocycles. The summed E-state index contributed by atoms with van der Waals surface area (Å²) in [5.74, 6) is -0.115. The molecule has 1 aromatic carbocycles. The number of rotatable bonds is 4. The summed E-state index contributed by atoms with van der Waals surface area (Å²) in [4.78, 5) is 26.7. The average molecular weight is 331 g/mol. The summed E-state index contributed by atoms with van der Waals surface area (Å²) in [5, 5.41) is 5.55. The lowest BCUT2D eigenvalue weighted by atomic mass is 9.94. The van der Waals surface area contributed by atoms with Gasteiger partial charge in [-0.05, 0) is 49.3 Å². The van der Waals surface area contributed by atoms with E-state index in [0.717, 1.165) is 19.4 Å². The van der Waals surface area contributed by atoms with Crippen molar-refractivity contribution >= 4 is 11.9 Å². The summed E-state index contributed by atoms with van der Waals surface area (Å²) < 4.78 is 0.